The second kappa shape index (κ2) is 11.9. The largest absolute Gasteiger partial charge is 0.387 e. The van der Waals surface area contributed by atoms with E-state index in [0.29, 0.717) is 10.1 Å². The van der Waals surface area contributed by atoms with Gasteiger partial charge < -0.3 is 34.2 Å². The first-order valence-corrected chi connectivity index (χ1v) is 13.0. The summed E-state index contributed by atoms with van der Waals surface area (Å²) in [5.74, 6) is -0.711. The van der Waals surface area contributed by atoms with E-state index < -0.39 is 72.0 Å². The molecular formula is C21H22FN3O10P2. The molecule has 1 aromatic carbocycles. The Morgan fingerprint density at radius 3 is 2.49 bits per heavy atom. The molecule has 198 valence electrons. The molecule has 5 atom stereocenters. The van der Waals surface area contributed by atoms with E-state index in [1.165, 1.54) is 12.3 Å². The lowest BCUT2D eigenvalue weighted by Crippen LogP contribution is -2.43. The van der Waals surface area contributed by atoms with Crippen LogP contribution in [0.15, 0.2) is 64.4 Å². The third kappa shape index (κ3) is 6.16. The zero-order valence-electron chi connectivity index (χ0n) is 18.8. The second-order valence-electron chi connectivity index (χ2n) is 7.83. The van der Waals surface area contributed by atoms with Crippen molar-refractivity contribution in [1.82, 2.24) is 14.1 Å². The van der Waals surface area contributed by atoms with Gasteiger partial charge in [-0.3, -0.25) is 18.9 Å². The molecule has 37 heavy (non-hydrogen) atoms. The Hall–Kier alpha value is -2.48. The van der Waals surface area contributed by atoms with Crippen LogP contribution in [0, 0.1) is 5.82 Å². The van der Waals surface area contributed by atoms with Crippen LogP contribution in [0.3, 0.4) is 0 Å². The van der Waals surface area contributed by atoms with Crippen LogP contribution in [0.2, 0.25) is 0 Å². The third-order valence-electron chi connectivity index (χ3n) is 5.55. The van der Waals surface area contributed by atoms with E-state index in [4.69, 9.17) is 19.0 Å². The topological polar surface area (TPSA) is 186 Å². The Bertz CT molecular complexity index is 1340. The molecule has 0 bridgehead atoms. The molecule has 3 heterocycles. The van der Waals surface area contributed by atoms with Crippen molar-refractivity contribution in [3.8, 4) is 11.1 Å². The summed E-state index contributed by atoms with van der Waals surface area (Å²) >= 11 is 0. The van der Waals surface area contributed by atoms with Crippen molar-refractivity contribution < 1.29 is 42.9 Å². The summed E-state index contributed by atoms with van der Waals surface area (Å²) in [4.78, 5) is 56.6. The maximum atomic E-state index is 15.2. The van der Waals surface area contributed by atoms with Gasteiger partial charge in [-0.15, -0.1) is 0 Å². The first kappa shape index (κ1) is 27.6. The van der Waals surface area contributed by atoms with E-state index in [1.54, 1.807) is 30.3 Å². The minimum Gasteiger partial charge on any atom is -0.387 e. The number of rotatable bonds is 9. The number of ether oxygens (including phenoxy) is 1. The van der Waals surface area contributed by atoms with Gasteiger partial charge in [-0.25, -0.2) is 13.5 Å². The van der Waals surface area contributed by atoms with Gasteiger partial charge in [0.05, 0.1) is 18.8 Å². The quantitative estimate of drug-likeness (QED) is 0.229. The first-order chi connectivity index (χ1) is 17.7. The highest BCUT2D eigenvalue weighted by atomic mass is 31.2. The number of aliphatic hydroxyl groups excluding tert-OH is 2. The summed E-state index contributed by atoms with van der Waals surface area (Å²) in [6.07, 6.45) is -3.52. The summed E-state index contributed by atoms with van der Waals surface area (Å²) in [5, 5.41) is 20.8. The highest BCUT2D eigenvalue weighted by Crippen LogP contribution is 2.46. The van der Waals surface area contributed by atoms with E-state index in [9.17, 15) is 24.7 Å². The Morgan fingerprint density at radius 1 is 1.05 bits per heavy atom. The van der Waals surface area contributed by atoms with E-state index in [1.807, 2.05) is 0 Å². The van der Waals surface area contributed by atoms with Gasteiger partial charge in [0.2, 0.25) is 0 Å². The average molecular weight is 557 g/mol. The van der Waals surface area contributed by atoms with Crippen molar-refractivity contribution in [2.75, 3.05) is 6.61 Å². The lowest BCUT2D eigenvalue weighted by Gasteiger charge is -2.19. The maximum Gasteiger partial charge on any atom is 0.337 e. The number of benzene rings is 1. The van der Waals surface area contributed by atoms with Crippen molar-refractivity contribution in [3.05, 3.63) is 87.2 Å². The van der Waals surface area contributed by atoms with Crippen LogP contribution in [0.1, 0.15) is 11.9 Å². The van der Waals surface area contributed by atoms with E-state index in [-0.39, 0.29) is 11.3 Å². The zero-order valence-corrected chi connectivity index (χ0v) is 20.6. The molecule has 0 amide bonds. The Morgan fingerprint density at radius 2 is 1.78 bits per heavy atom. The zero-order chi connectivity index (χ0) is 26.7. The van der Waals surface area contributed by atoms with Gasteiger partial charge in [0.25, 0.3) is 5.56 Å². The molecular weight excluding hydrogens is 535 g/mol. The molecule has 1 saturated heterocycles. The molecule has 1 fully saturated rings. The smallest absolute Gasteiger partial charge is 0.337 e. The molecule has 4 rings (SSSR count). The molecule has 1 aliphatic rings. The minimum absolute atomic E-state index is 0.165. The number of halogens is 1. The lowest BCUT2D eigenvalue weighted by atomic mass is 10.1. The molecule has 3 aromatic rings. The Kier molecular flexibility index (Phi) is 8.88. The fourth-order valence-electron chi connectivity index (χ4n) is 3.78. The standard InChI is InChI=1S/C21H22FN3O10P2/c22-17-13(12-4-2-1-3-5-12)6-8-23-14(17)10-25-16(26)7-9-24(21(25)29)20-19(28)18(27)15(34-20)11-33-37(32)35-36(30)31/h1-9,15,18-20,27-28,30-32H,10-11H2. The van der Waals surface area contributed by atoms with Crippen molar-refractivity contribution in [2.45, 2.75) is 31.1 Å². The van der Waals surface area contributed by atoms with Crippen LogP contribution in [0.5, 0.6) is 0 Å². The van der Waals surface area contributed by atoms with Crippen LogP contribution in [-0.2, 0) is 20.1 Å². The number of hydrogen-bond acceptors (Lipinski definition) is 11. The van der Waals surface area contributed by atoms with Gasteiger partial charge in [-0.2, -0.15) is 0 Å². The van der Waals surface area contributed by atoms with Crippen LogP contribution in [0.25, 0.3) is 11.1 Å². The average Bonchev–Trinajstić information content (AvgIpc) is 3.15. The number of aromatic nitrogens is 3. The van der Waals surface area contributed by atoms with Crippen molar-refractivity contribution in [3.63, 3.8) is 0 Å². The molecule has 0 radical (unpaired) electrons. The van der Waals surface area contributed by atoms with Gasteiger partial charge in [-0.05, 0) is 11.6 Å². The fourth-order valence-corrected chi connectivity index (χ4v) is 4.74. The highest BCUT2D eigenvalue weighted by molar-refractivity contribution is 7.54. The molecule has 13 nitrogen and oxygen atoms in total. The van der Waals surface area contributed by atoms with Gasteiger partial charge in [0.1, 0.15) is 18.3 Å². The van der Waals surface area contributed by atoms with Crippen molar-refractivity contribution in [2.24, 2.45) is 0 Å². The molecule has 0 aliphatic carbocycles. The molecule has 5 N–H and O–H groups in total. The number of nitrogens with zero attached hydrogens (tertiary/aromatic N) is 3. The van der Waals surface area contributed by atoms with Gasteiger partial charge in [-0.1, -0.05) is 30.3 Å². The van der Waals surface area contributed by atoms with Crippen LogP contribution < -0.4 is 11.2 Å². The third-order valence-corrected chi connectivity index (χ3v) is 7.07. The number of pyridine rings is 1. The molecule has 2 aromatic heterocycles. The lowest BCUT2D eigenvalue weighted by molar-refractivity contribution is -0.0530. The SMILES string of the molecule is O=c1ccn(C2OC(COP(O)OP(O)O)C(O)C2O)c(=O)n1Cc1nccc(-c2ccccc2)c1F. The van der Waals surface area contributed by atoms with Crippen LogP contribution in [0.4, 0.5) is 4.39 Å². The Balaban J connectivity index is 1.58. The van der Waals surface area contributed by atoms with Crippen LogP contribution >= 0.6 is 17.2 Å². The van der Waals surface area contributed by atoms with Gasteiger partial charge in [0.15, 0.2) is 12.0 Å². The first-order valence-electron chi connectivity index (χ1n) is 10.7. The fraction of sp³-hybridized carbons (Fsp3) is 0.286. The summed E-state index contributed by atoms with van der Waals surface area (Å²) in [7, 11) is -5.59. The molecule has 0 saturated carbocycles. The van der Waals surface area contributed by atoms with Crippen molar-refractivity contribution >= 4 is 17.2 Å². The van der Waals surface area contributed by atoms with E-state index >= 15 is 4.39 Å². The van der Waals surface area contributed by atoms with E-state index in [2.05, 4.69) is 9.29 Å². The number of aliphatic hydroxyl groups is 2. The van der Waals surface area contributed by atoms with Crippen LogP contribution in [-0.4, -0.2) is 63.9 Å². The van der Waals surface area contributed by atoms with Gasteiger partial charge in [0, 0.05) is 24.0 Å². The predicted octanol–water partition coefficient (Wildman–Crippen LogP) is 0.343. The molecule has 16 heteroatoms. The molecule has 1 aliphatic heterocycles. The van der Waals surface area contributed by atoms with Crippen molar-refractivity contribution in [1.29, 1.82) is 0 Å². The highest BCUT2D eigenvalue weighted by Gasteiger charge is 2.44. The second-order valence-corrected chi connectivity index (χ2v) is 9.72. The van der Waals surface area contributed by atoms with Gasteiger partial charge >= 0.3 is 22.9 Å². The normalized spacial score (nSPS) is 22.5. The summed E-state index contributed by atoms with van der Waals surface area (Å²) in [5.41, 5.74) is -1.07. The maximum absolute atomic E-state index is 15.2. The summed E-state index contributed by atoms with van der Waals surface area (Å²) < 4.78 is 31.5. The number of hydrogen-bond donors (Lipinski definition) is 5. The minimum atomic E-state index is -2.89. The van der Waals surface area contributed by atoms with E-state index in [0.717, 1.165) is 16.8 Å². The summed E-state index contributed by atoms with van der Waals surface area (Å²) in [6.45, 7) is -1.05. The molecule has 0 spiro atoms. The monoisotopic (exact) mass is 557 g/mol. The predicted molar refractivity (Wildman–Crippen MR) is 127 cm³/mol. The molecule has 5 unspecified atom stereocenters. The Labute approximate surface area is 210 Å². The summed E-state index contributed by atoms with van der Waals surface area (Å²) in [6, 6.07) is 11.1.